The van der Waals surface area contributed by atoms with E-state index in [-0.39, 0.29) is 12.1 Å². The van der Waals surface area contributed by atoms with Gasteiger partial charge in [-0.3, -0.25) is 0 Å². The van der Waals surface area contributed by atoms with Gasteiger partial charge in [0.25, 0.3) is 0 Å². The number of fused-ring (bicyclic) bond motifs is 2. The van der Waals surface area contributed by atoms with Crippen LogP contribution in [-0.4, -0.2) is 45.7 Å². The molecule has 2 saturated carbocycles. The van der Waals surface area contributed by atoms with E-state index in [2.05, 4.69) is 5.32 Å². The van der Waals surface area contributed by atoms with Crippen LogP contribution in [0.5, 0.6) is 0 Å². The summed E-state index contributed by atoms with van der Waals surface area (Å²) in [4.78, 5) is 24.6. The van der Waals surface area contributed by atoms with Crippen LogP contribution in [-0.2, 0) is 4.79 Å². The minimum absolute atomic E-state index is 0.190. The number of carboxylic acid groups (broad SMARTS) is 1. The Kier molecular flexibility index (Phi) is 3.13. The average Bonchev–Trinajstić information content (AvgIpc) is 3.04. The van der Waals surface area contributed by atoms with Gasteiger partial charge in [0.2, 0.25) is 0 Å². The Bertz CT molecular complexity index is 376. The molecule has 1 aliphatic heterocycles. The molecule has 4 atom stereocenters. The third-order valence-corrected chi connectivity index (χ3v) is 5.49. The summed E-state index contributed by atoms with van der Waals surface area (Å²) in [6.45, 7) is 0. The lowest BCUT2D eigenvalue weighted by Gasteiger charge is -2.27. The fraction of sp³-hybridized carbons (Fsp3) is 0.833. The summed E-state index contributed by atoms with van der Waals surface area (Å²) in [6, 6.07) is -0.574. The summed E-state index contributed by atoms with van der Waals surface area (Å²) >= 11 is 1.50. The molecule has 1 saturated heterocycles. The molecule has 3 unspecified atom stereocenters. The van der Waals surface area contributed by atoms with Gasteiger partial charge in [0.05, 0.1) is 5.88 Å². The van der Waals surface area contributed by atoms with Crippen molar-refractivity contribution < 1.29 is 14.7 Å². The first-order chi connectivity index (χ1) is 8.65. The molecule has 2 N–H and O–H groups in total. The minimum atomic E-state index is -0.900. The van der Waals surface area contributed by atoms with Gasteiger partial charge in [-0.05, 0) is 31.1 Å². The van der Waals surface area contributed by atoms with E-state index in [9.17, 15) is 9.59 Å². The lowest BCUT2D eigenvalue weighted by molar-refractivity contribution is -0.140. The van der Waals surface area contributed by atoms with Gasteiger partial charge in [0.15, 0.2) is 0 Å². The van der Waals surface area contributed by atoms with Gasteiger partial charge >= 0.3 is 12.0 Å². The van der Waals surface area contributed by atoms with E-state index in [0.717, 1.165) is 12.3 Å². The molecule has 0 spiro atoms. The van der Waals surface area contributed by atoms with E-state index >= 15 is 0 Å². The highest BCUT2D eigenvalue weighted by atomic mass is 32.2. The van der Waals surface area contributed by atoms with Crippen LogP contribution in [0, 0.1) is 11.8 Å². The van der Waals surface area contributed by atoms with Gasteiger partial charge in [-0.2, -0.15) is 0 Å². The first-order valence-corrected chi connectivity index (χ1v) is 7.68. The van der Waals surface area contributed by atoms with Gasteiger partial charge in [0, 0.05) is 11.8 Å². The lowest BCUT2D eigenvalue weighted by atomic mass is 9.95. The van der Waals surface area contributed by atoms with Gasteiger partial charge in [-0.15, -0.1) is 11.8 Å². The Labute approximate surface area is 110 Å². The second kappa shape index (κ2) is 4.64. The number of hydrogen-bond acceptors (Lipinski definition) is 3. The highest BCUT2D eigenvalue weighted by Crippen LogP contribution is 2.44. The van der Waals surface area contributed by atoms with Crippen molar-refractivity contribution in [1.82, 2.24) is 10.2 Å². The van der Waals surface area contributed by atoms with Crippen molar-refractivity contribution in [2.75, 3.05) is 11.6 Å². The fourth-order valence-corrected chi connectivity index (χ4v) is 4.66. The van der Waals surface area contributed by atoms with E-state index < -0.39 is 12.0 Å². The van der Waals surface area contributed by atoms with Crippen molar-refractivity contribution in [1.29, 1.82) is 0 Å². The monoisotopic (exact) mass is 270 g/mol. The molecule has 0 aromatic carbocycles. The lowest BCUT2D eigenvalue weighted by Crippen LogP contribution is -2.50. The Morgan fingerprint density at radius 1 is 1.28 bits per heavy atom. The van der Waals surface area contributed by atoms with Crippen LogP contribution in [0.2, 0.25) is 0 Å². The smallest absolute Gasteiger partial charge is 0.327 e. The van der Waals surface area contributed by atoms with Crippen LogP contribution >= 0.6 is 11.8 Å². The van der Waals surface area contributed by atoms with Crippen molar-refractivity contribution in [3.05, 3.63) is 0 Å². The Balaban J connectivity index is 1.59. The molecular formula is C12H18N2O3S. The topological polar surface area (TPSA) is 69.6 Å². The van der Waals surface area contributed by atoms with E-state index in [0.29, 0.717) is 17.5 Å². The maximum atomic E-state index is 12.1. The summed E-state index contributed by atoms with van der Waals surface area (Å²) in [5.41, 5.74) is 0. The number of hydrogen-bond donors (Lipinski definition) is 2. The van der Waals surface area contributed by atoms with Crippen molar-refractivity contribution in [3.63, 3.8) is 0 Å². The van der Waals surface area contributed by atoms with Crippen LogP contribution < -0.4 is 5.32 Å². The van der Waals surface area contributed by atoms with Crippen LogP contribution in [0.1, 0.15) is 25.7 Å². The maximum absolute atomic E-state index is 12.1. The molecule has 2 bridgehead atoms. The van der Waals surface area contributed by atoms with Gasteiger partial charge in [-0.1, -0.05) is 6.42 Å². The number of rotatable bonds is 2. The zero-order chi connectivity index (χ0) is 12.7. The summed E-state index contributed by atoms with van der Waals surface area (Å²) in [7, 11) is 0. The molecule has 18 heavy (non-hydrogen) atoms. The molecule has 3 rings (SSSR count). The van der Waals surface area contributed by atoms with Crippen molar-refractivity contribution in [3.8, 4) is 0 Å². The first-order valence-electron chi connectivity index (χ1n) is 6.53. The number of thioether (sulfide) groups is 1. The summed E-state index contributed by atoms with van der Waals surface area (Å²) in [5.74, 6) is 1.49. The summed E-state index contributed by atoms with van der Waals surface area (Å²) in [6.07, 6.45) is 4.83. The largest absolute Gasteiger partial charge is 0.480 e. The predicted molar refractivity (Wildman–Crippen MR) is 68.4 cm³/mol. The standard InChI is InChI=1S/C12H18N2O3S/c15-11(16)10-5-18-6-14(10)12(17)13-9-4-7-1-2-8(9)3-7/h7-10H,1-6H2,(H,13,17)(H,15,16)/t7?,8?,9?,10-/m0/s1. The Morgan fingerprint density at radius 3 is 2.72 bits per heavy atom. The molecule has 3 fully saturated rings. The number of nitrogens with one attached hydrogen (secondary N) is 1. The summed E-state index contributed by atoms with van der Waals surface area (Å²) < 4.78 is 0. The number of urea groups is 1. The van der Waals surface area contributed by atoms with Crippen molar-refractivity contribution in [2.45, 2.75) is 37.8 Å². The summed E-state index contributed by atoms with van der Waals surface area (Å²) in [5, 5.41) is 12.1. The van der Waals surface area contributed by atoms with Gasteiger partial charge in [0.1, 0.15) is 6.04 Å². The molecule has 0 aromatic rings. The van der Waals surface area contributed by atoms with Crippen LogP contribution in [0.3, 0.4) is 0 Å². The third-order valence-electron chi connectivity index (χ3n) is 4.48. The number of amides is 2. The molecular weight excluding hydrogens is 252 g/mol. The SMILES string of the molecule is O=C(O)[C@@H]1CSCN1C(=O)NC1CC2CCC1C2. The predicted octanol–water partition coefficient (Wildman–Crippen LogP) is 1.34. The minimum Gasteiger partial charge on any atom is -0.480 e. The molecule has 5 nitrogen and oxygen atoms in total. The highest BCUT2D eigenvalue weighted by Gasteiger charge is 2.42. The second-order valence-electron chi connectivity index (χ2n) is 5.55. The molecule has 2 amide bonds. The molecule has 0 aromatic heterocycles. The first kappa shape index (κ1) is 12.1. The number of carbonyl (C=O) groups excluding carboxylic acids is 1. The zero-order valence-electron chi connectivity index (χ0n) is 10.2. The number of nitrogens with zero attached hydrogens (tertiary/aromatic N) is 1. The molecule has 100 valence electrons. The van der Waals surface area contributed by atoms with Gasteiger partial charge < -0.3 is 15.3 Å². The number of aliphatic carboxylic acids is 1. The molecule has 1 heterocycles. The maximum Gasteiger partial charge on any atom is 0.327 e. The quantitative estimate of drug-likeness (QED) is 0.794. The third kappa shape index (κ3) is 2.06. The van der Waals surface area contributed by atoms with E-state index in [1.165, 1.54) is 35.9 Å². The van der Waals surface area contributed by atoms with E-state index in [1.54, 1.807) is 0 Å². The fourth-order valence-electron chi connectivity index (χ4n) is 3.51. The Hall–Kier alpha value is -0.910. The second-order valence-corrected chi connectivity index (χ2v) is 6.55. The normalized spacial score (nSPS) is 38.1. The van der Waals surface area contributed by atoms with Crippen molar-refractivity contribution >= 4 is 23.8 Å². The Morgan fingerprint density at radius 2 is 2.11 bits per heavy atom. The molecule has 6 heteroatoms. The van der Waals surface area contributed by atoms with Gasteiger partial charge in [-0.25, -0.2) is 9.59 Å². The molecule has 3 aliphatic rings. The van der Waals surface area contributed by atoms with Crippen LogP contribution in [0.15, 0.2) is 0 Å². The average molecular weight is 270 g/mol. The zero-order valence-corrected chi connectivity index (χ0v) is 11.0. The van der Waals surface area contributed by atoms with Crippen molar-refractivity contribution in [2.24, 2.45) is 11.8 Å². The molecule has 2 aliphatic carbocycles. The number of carboxylic acids is 1. The number of carbonyl (C=O) groups is 2. The van der Waals surface area contributed by atoms with Crippen LogP contribution in [0.25, 0.3) is 0 Å². The highest BCUT2D eigenvalue weighted by molar-refractivity contribution is 7.99. The van der Waals surface area contributed by atoms with E-state index in [4.69, 9.17) is 5.11 Å². The molecule has 0 radical (unpaired) electrons. The van der Waals surface area contributed by atoms with Crippen LogP contribution in [0.4, 0.5) is 4.79 Å². The van der Waals surface area contributed by atoms with E-state index in [1.807, 2.05) is 0 Å².